The Kier molecular flexibility index (Phi) is 4.75. The van der Waals surface area contributed by atoms with Gasteiger partial charge in [0.15, 0.2) is 0 Å². The normalized spacial score (nSPS) is 13.9. The minimum Gasteiger partial charge on any atom is -0.303 e. The second-order valence-electron chi connectivity index (χ2n) is 4.60. The first-order valence-corrected chi connectivity index (χ1v) is 7.42. The zero-order valence-electron chi connectivity index (χ0n) is 11.2. The highest BCUT2D eigenvalue weighted by molar-refractivity contribution is 7.16. The maximum atomic E-state index is 10.6. The van der Waals surface area contributed by atoms with E-state index in [2.05, 4.69) is 12.2 Å². The molecule has 106 valence electrons. The summed E-state index contributed by atoms with van der Waals surface area (Å²) in [6.07, 6.45) is 0. The Balaban J connectivity index is 2.04. The number of thiophene rings is 1. The van der Waals surface area contributed by atoms with Gasteiger partial charge in [0.1, 0.15) is 0 Å². The molecular formula is C14H15ClN2O2S. The molecule has 1 N–H and O–H groups in total. The van der Waals surface area contributed by atoms with Gasteiger partial charge in [-0.25, -0.2) is 0 Å². The molecule has 20 heavy (non-hydrogen) atoms. The standard InChI is InChI=1S/C14H15ClN2O2S/c1-9(11-3-5-12(6-4-11)17(18)19)16-10(2)13-7-8-14(15)20-13/h3-10,16H,1-2H3. The van der Waals surface area contributed by atoms with E-state index >= 15 is 0 Å². The molecule has 6 heteroatoms. The average molecular weight is 311 g/mol. The van der Waals surface area contributed by atoms with E-state index in [9.17, 15) is 10.1 Å². The summed E-state index contributed by atoms with van der Waals surface area (Å²) in [5.41, 5.74) is 1.13. The Labute approximate surface area is 126 Å². The second-order valence-corrected chi connectivity index (χ2v) is 6.35. The van der Waals surface area contributed by atoms with Crippen molar-refractivity contribution in [3.8, 4) is 0 Å². The van der Waals surface area contributed by atoms with Gasteiger partial charge in [-0.05, 0) is 31.5 Å². The molecule has 0 spiro atoms. The Hall–Kier alpha value is -1.43. The topological polar surface area (TPSA) is 55.2 Å². The van der Waals surface area contributed by atoms with Crippen LogP contribution in [0.3, 0.4) is 0 Å². The fraction of sp³-hybridized carbons (Fsp3) is 0.286. The first kappa shape index (κ1) is 15.0. The molecule has 0 radical (unpaired) electrons. The highest BCUT2D eigenvalue weighted by atomic mass is 35.5. The van der Waals surface area contributed by atoms with E-state index in [4.69, 9.17) is 11.6 Å². The molecule has 0 bridgehead atoms. The van der Waals surface area contributed by atoms with Crippen molar-refractivity contribution in [3.05, 3.63) is 61.3 Å². The van der Waals surface area contributed by atoms with Crippen LogP contribution >= 0.6 is 22.9 Å². The summed E-state index contributed by atoms with van der Waals surface area (Å²) < 4.78 is 0.775. The number of hydrogen-bond acceptors (Lipinski definition) is 4. The Morgan fingerprint density at radius 3 is 2.30 bits per heavy atom. The highest BCUT2D eigenvalue weighted by Gasteiger charge is 2.14. The highest BCUT2D eigenvalue weighted by Crippen LogP contribution is 2.28. The zero-order chi connectivity index (χ0) is 14.7. The van der Waals surface area contributed by atoms with Crippen LogP contribution in [0.2, 0.25) is 4.34 Å². The second kappa shape index (κ2) is 6.35. The Morgan fingerprint density at radius 1 is 1.15 bits per heavy atom. The van der Waals surface area contributed by atoms with Gasteiger partial charge in [-0.3, -0.25) is 10.1 Å². The number of non-ortho nitro benzene ring substituents is 1. The van der Waals surface area contributed by atoms with Crippen LogP contribution in [0.25, 0.3) is 0 Å². The number of benzene rings is 1. The molecular weight excluding hydrogens is 296 g/mol. The van der Waals surface area contributed by atoms with Crippen molar-refractivity contribution < 1.29 is 4.92 Å². The predicted octanol–water partition coefficient (Wildman–Crippen LogP) is 4.72. The molecule has 1 aromatic heterocycles. The molecule has 0 fully saturated rings. The maximum absolute atomic E-state index is 10.6. The van der Waals surface area contributed by atoms with Gasteiger partial charge in [0.2, 0.25) is 0 Å². The number of hydrogen-bond donors (Lipinski definition) is 1. The van der Waals surface area contributed by atoms with Crippen LogP contribution in [0.4, 0.5) is 5.69 Å². The number of nitrogens with zero attached hydrogens (tertiary/aromatic N) is 1. The minimum atomic E-state index is -0.391. The van der Waals surface area contributed by atoms with Gasteiger partial charge in [-0.1, -0.05) is 23.7 Å². The van der Waals surface area contributed by atoms with Crippen molar-refractivity contribution in [2.24, 2.45) is 0 Å². The van der Waals surface area contributed by atoms with E-state index < -0.39 is 4.92 Å². The van der Waals surface area contributed by atoms with Crippen molar-refractivity contribution in [2.45, 2.75) is 25.9 Å². The van der Waals surface area contributed by atoms with Crippen molar-refractivity contribution in [1.82, 2.24) is 5.32 Å². The van der Waals surface area contributed by atoms with Gasteiger partial charge in [-0.2, -0.15) is 0 Å². The number of nitro benzene ring substituents is 1. The molecule has 0 aliphatic rings. The first-order valence-electron chi connectivity index (χ1n) is 6.23. The van der Waals surface area contributed by atoms with E-state index in [1.54, 1.807) is 23.5 Å². The van der Waals surface area contributed by atoms with Crippen molar-refractivity contribution in [1.29, 1.82) is 0 Å². The summed E-state index contributed by atoms with van der Waals surface area (Å²) in [6, 6.07) is 10.8. The Bertz CT molecular complexity index is 597. The predicted molar refractivity (Wildman–Crippen MR) is 82.4 cm³/mol. The number of nitrogens with one attached hydrogen (secondary N) is 1. The fourth-order valence-electron chi connectivity index (χ4n) is 2.00. The lowest BCUT2D eigenvalue weighted by atomic mass is 10.1. The van der Waals surface area contributed by atoms with Crippen LogP contribution in [0, 0.1) is 10.1 Å². The summed E-state index contributed by atoms with van der Waals surface area (Å²) in [5.74, 6) is 0. The Morgan fingerprint density at radius 2 is 1.80 bits per heavy atom. The maximum Gasteiger partial charge on any atom is 0.269 e. The number of nitro groups is 1. The van der Waals surface area contributed by atoms with Crippen LogP contribution in [-0.2, 0) is 0 Å². The lowest BCUT2D eigenvalue weighted by Gasteiger charge is -2.19. The van der Waals surface area contributed by atoms with Crippen molar-refractivity contribution in [3.63, 3.8) is 0 Å². The number of halogens is 1. The quantitative estimate of drug-likeness (QED) is 0.642. The van der Waals surface area contributed by atoms with E-state index in [-0.39, 0.29) is 17.8 Å². The van der Waals surface area contributed by atoms with E-state index in [0.29, 0.717) is 0 Å². The van der Waals surface area contributed by atoms with Gasteiger partial charge < -0.3 is 5.32 Å². The SMILES string of the molecule is CC(NC(C)c1ccc(Cl)s1)c1ccc([N+](=O)[O-])cc1. The zero-order valence-corrected chi connectivity index (χ0v) is 12.7. The molecule has 2 rings (SSSR count). The molecule has 4 nitrogen and oxygen atoms in total. The first-order chi connectivity index (χ1) is 9.47. The van der Waals surface area contributed by atoms with Crippen LogP contribution in [0.15, 0.2) is 36.4 Å². The molecule has 0 saturated heterocycles. The summed E-state index contributed by atoms with van der Waals surface area (Å²) in [4.78, 5) is 11.4. The minimum absolute atomic E-state index is 0.103. The van der Waals surface area contributed by atoms with E-state index in [1.807, 2.05) is 19.1 Å². The molecule has 2 atom stereocenters. The van der Waals surface area contributed by atoms with Crippen molar-refractivity contribution >= 4 is 28.6 Å². The van der Waals surface area contributed by atoms with E-state index in [1.165, 1.54) is 17.0 Å². The lowest BCUT2D eigenvalue weighted by molar-refractivity contribution is -0.384. The number of rotatable bonds is 5. The lowest BCUT2D eigenvalue weighted by Crippen LogP contribution is -2.21. The summed E-state index contributed by atoms with van der Waals surface area (Å²) in [5, 5.41) is 14.1. The molecule has 1 heterocycles. The van der Waals surface area contributed by atoms with Crippen LogP contribution in [0.1, 0.15) is 36.4 Å². The molecule has 0 aliphatic carbocycles. The van der Waals surface area contributed by atoms with Crippen LogP contribution in [-0.4, -0.2) is 4.92 Å². The van der Waals surface area contributed by atoms with Gasteiger partial charge in [0, 0.05) is 29.1 Å². The molecule has 0 amide bonds. The third kappa shape index (κ3) is 3.56. The summed E-state index contributed by atoms with van der Waals surface area (Å²) in [6.45, 7) is 4.11. The third-order valence-electron chi connectivity index (χ3n) is 3.12. The third-order valence-corrected chi connectivity index (χ3v) is 4.54. The monoisotopic (exact) mass is 310 g/mol. The largest absolute Gasteiger partial charge is 0.303 e. The van der Waals surface area contributed by atoms with E-state index in [0.717, 1.165) is 9.90 Å². The smallest absolute Gasteiger partial charge is 0.269 e. The molecule has 2 aromatic rings. The summed E-state index contributed by atoms with van der Waals surface area (Å²) >= 11 is 7.48. The van der Waals surface area contributed by atoms with Crippen molar-refractivity contribution in [2.75, 3.05) is 0 Å². The fourth-order valence-corrected chi connectivity index (χ4v) is 3.07. The molecule has 0 aliphatic heterocycles. The van der Waals surface area contributed by atoms with Gasteiger partial charge in [0.25, 0.3) is 5.69 Å². The molecule has 1 aromatic carbocycles. The summed E-state index contributed by atoms with van der Waals surface area (Å²) in [7, 11) is 0. The van der Waals surface area contributed by atoms with Gasteiger partial charge in [-0.15, -0.1) is 11.3 Å². The molecule has 0 saturated carbocycles. The van der Waals surface area contributed by atoms with Gasteiger partial charge in [0.05, 0.1) is 9.26 Å². The molecule has 2 unspecified atom stereocenters. The van der Waals surface area contributed by atoms with Gasteiger partial charge >= 0.3 is 0 Å². The van der Waals surface area contributed by atoms with Crippen LogP contribution in [0.5, 0.6) is 0 Å². The van der Waals surface area contributed by atoms with Crippen LogP contribution < -0.4 is 5.32 Å². The average Bonchev–Trinajstić information content (AvgIpc) is 2.85.